The van der Waals surface area contributed by atoms with Gasteiger partial charge in [0.05, 0.1) is 12.3 Å². The minimum absolute atomic E-state index is 0.209. The monoisotopic (exact) mass is 237 g/mol. The van der Waals surface area contributed by atoms with Crippen LogP contribution in [0.25, 0.3) is 0 Å². The number of aromatic nitrogens is 1. The van der Waals surface area contributed by atoms with Gasteiger partial charge in [-0.25, -0.2) is 5.43 Å². The number of nitrogens with zero attached hydrogens (tertiary/aromatic N) is 1. The second kappa shape index (κ2) is 4.65. The lowest BCUT2D eigenvalue weighted by atomic mass is 10.0. The van der Waals surface area contributed by atoms with Crippen molar-refractivity contribution in [2.75, 3.05) is 0 Å². The number of furan rings is 1. The molecule has 2 aromatic rings. The number of hydrogen-bond acceptors (Lipinski definition) is 4. The number of hydrazine groups is 1. The Morgan fingerprint density at radius 3 is 2.75 bits per heavy atom. The standard InChI is InChI=1S/C11H12ClN3O/c1-7-2-3-8(6-14-7)10(15-13)9-4-5-16-11(9)12/h2-6,10,15H,13H2,1H3. The van der Waals surface area contributed by atoms with Crippen molar-refractivity contribution in [2.24, 2.45) is 5.84 Å². The Labute approximate surface area is 98.4 Å². The van der Waals surface area contributed by atoms with E-state index in [2.05, 4.69) is 10.4 Å². The Bertz CT molecular complexity index is 466. The van der Waals surface area contributed by atoms with Crippen molar-refractivity contribution in [1.29, 1.82) is 0 Å². The molecular formula is C11H12ClN3O. The first-order valence-corrected chi connectivity index (χ1v) is 5.21. The van der Waals surface area contributed by atoms with E-state index >= 15 is 0 Å². The molecule has 5 heteroatoms. The van der Waals surface area contributed by atoms with Crippen LogP contribution >= 0.6 is 11.6 Å². The topological polar surface area (TPSA) is 64.1 Å². The lowest BCUT2D eigenvalue weighted by Crippen LogP contribution is -2.28. The third kappa shape index (κ3) is 2.09. The molecule has 0 amide bonds. The number of hydrogen-bond donors (Lipinski definition) is 2. The summed E-state index contributed by atoms with van der Waals surface area (Å²) in [6.07, 6.45) is 3.30. The van der Waals surface area contributed by atoms with E-state index in [-0.39, 0.29) is 6.04 Å². The number of rotatable bonds is 3. The molecule has 0 radical (unpaired) electrons. The van der Waals surface area contributed by atoms with Gasteiger partial charge in [0, 0.05) is 17.5 Å². The van der Waals surface area contributed by atoms with E-state index < -0.39 is 0 Å². The van der Waals surface area contributed by atoms with Crippen LogP contribution in [-0.2, 0) is 0 Å². The summed E-state index contributed by atoms with van der Waals surface area (Å²) in [6.45, 7) is 1.93. The van der Waals surface area contributed by atoms with Gasteiger partial charge in [-0.1, -0.05) is 6.07 Å². The molecule has 2 heterocycles. The molecule has 1 atom stereocenters. The lowest BCUT2D eigenvalue weighted by Gasteiger charge is -2.14. The van der Waals surface area contributed by atoms with Crippen molar-refractivity contribution in [3.63, 3.8) is 0 Å². The molecule has 16 heavy (non-hydrogen) atoms. The van der Waals surface area contributed by atoms with Crippen molar-refractivity contribution in [1.82, 2.24) is 10.4 Å². The summed E-state index contributed by atoms with van der Waals surface area (Å²) in [7, 11) is 0. The molecule has 0 aliphatic heterocycles. The number of pyridine rings is 1. The molecule has 0 saturated carbocycles. The number of nitrogens with two attached hydrogens (primary N) is 1. The molecule has 0 spiro atoms. The van der Waals surface area contributed by atoms with Crippen molar-refractivity contribution >= 4 is 11.6 Å². The van der Waals surface area contributed by atoms with Gasteiger partial charge in [0.1, 0.15) is 0 Å². The largest absolute Gasteiger partial charge is 0.453 e. The molecule has 0 bridgehead atoms. The smallest absolute Gasteiger partial charge is 0.198 e. The number of halogens is 1. The van der Waals surface area contributed by atoms with Gasteiger partial charge in [0.15, 0.2) is 5.22 Å². The Morgan fingerprint density at radius 1 is 1.44 bits per heavy atom. The van der Waals surface area contributed by atoms with Crippen LogP contribution in [0.2, 0.25) is 5.22 Å². The third-order valence-corrected chi connectivity index (χ3v) is 2.70. The quantitative estimate of drug-likeness (QED) is 0.635. The van der Waals surface area contributed by atoms with Crippen LogP contribution in [0.15, 0.2) is 35.1 Å². The van der Waals surface area contributed by atoms with Crippen LogP contribution in [0.1, 0.15) is 22.9 Å². The van der Waals surface area contributed by atoms with Crippen LogP contribution in [0.4, 0.5) is 0 Å². The van der Waals surface area contributed by atoms with Crippen LogP contribution in [0.5, 0.6) is 0 Å². The van der Waals surface area contributed by atoms with E-state index in [1.54, 1.807) is 12.3 Å². The summed E-state index contributed by atoms with van der Waals surface area (Å²) in [5.41, 5.74) is 5.39. The zero-order valence-corrected chi connectivity index (χ0v) is 9.53. The molecule has 0 saturated heterocycles. The van der Waals surface area contributed by atoms with Crippen LogP contribution < -0.4 is 11.3 Å². The maximum atomic E-state index is 5.91. The fourth-order valence-electron chi connectivity index (χ4n) is 1.53. The van der Waals surface area contributed by atoms with Gasteiger partial charge in [-0.05, 0) is 36.2 Å². The summed E-state index contributed by atoms with van der Waals surface area (Å²) >= 11 is 5.91. The molecular weight excluding hydrogens is 226 g/mol. The fraction of sp³-hybridized carbons (Fsp3) is 0.182. The highest BCUT2D eigenvalue weighted by Crippen LogP contribution is 2.28. The molecule has 4 nitrogen and oxygen atoms in total. The predicted octanol–water partition coefficient (Wildman–Crippen LogP) is 2.19. The third-order valence-electron chi connectivity index (χ3n) is 2.39. The van der Waals surface area contributed by atoms with E-state index in [9.17, 15) is 0 Å². The second-order valence-electron chi connectivity index (χ2n) is 3.48. The first-order valence-electron chi connectivity index (χ1n) is 4.84. The maximum absolute atomic E-state index is 5.91. The van der Waals surface area contributed by atoms with Gasteiger partial charge >= 0.3 is 0 Å². The predicted molar refractivity (Wildman–Crippen MR) is 61.9 cm³/mol. The summed E-state index contributed by atoms with van der Waals surface area (Å²) in [5.74, 6) is 5.52. The van der Waals surface area contributed by atoms with Crippen LogP contribution in [0.3, 0.4) is 0 Å². The first kappa shape index (κ1) is 11.1. The number of aryl methyl sites for hydroxylation is 1. The van der Waals surface area contributed by atoms with Crippen molar-refractivity contribution in [3.8, 4) is 0 Å². The van der Waals surface area contributed by atoms with Gasteiger partial charge in [0.25, 0.3) is 0 Å². The molecule has 0 aliphatic carbocycles. The van der Waals surface area contributed by atoms with Gasteiger partial charge in [-0.3, -0.25) is 10.8 Å². The van der Waals surface area contributed by atoms with E-state index in [1.807, 2.05) is 19.1 Å². The molecule has 2 rings (SSSR count). The molecule has 1 unspecified atom stereocenters. The fourth-order valence-corrected chi connectivity index (χ4v) is 1.75. The molecule has 0 aromatic carbocycles. The summed E-state index contributed by atoms with van der Waals surface area (Å²) in [5, 5.41) is 0.337. The minimum atomic E-state index is -0.209. The summed E-state index contributed by atoms with van der Waals surface area (Å²) < 4.78 is 5.04. The van der Waals surface area contributed by atoms with Gasteiger partial charge in [-0.15, -0.1) is 0 Å². The Balaban J connectivity index is 2.37. The van der Waals surface area contributed by atoms with Crippen molar-refractivity contribution in [3.05, 3.63) is 52.7 Å². The van der Waals surface area contributed by atoms with E-state index in [0.717, 1.165) is 16.8 Å². The van der Waals surface area contributed by atoms with Gasteiger partial charge in [0.2, 0.25) is 0 Å². The highest BCUT2D eigenvalue weighted by atomic mass is 35.5. The maximum Gasteiger partial charge on any atom is 0.198 e. The lowest BCUT2D eigenvalue weighted by molar-refractivity contribution is 0.555. The molecule has 0 aliphatic rings. The van der Waals surface area contributed by atoms with E-state index in [4.69, 9.17) is 21.9 Å². The Kier molecular flexibility index (Phi) is 3.24. The van der Waals surface area contributed by atoms with E-state index in [0.29, 0.717) is 5.22 Å². The highest BCUT2D eigenvalue weighted by molar-refractivity contribution is 6.29. The number of nitrogens with one attached hydrogen (secondary N) is 1. The summed E-state index contributed by atoms with van der Waals surface area (Å²) in [4.78, 5) is 4.22. The molecule has 84 valence electrons. The van der Waals surface area contributed by atoms with E-state index in [1.165, 1.54) is 6.26 Å². The first-order chi connectivity index (χ1) is 7.72. The van der Waals surface area contributed by atoms with Crippen LogP contribution in [-0.4, -0.2) is 4.98 Å². The minimum Gasteiger partial charge on any atom is -0.453 e. The van der Waals surface area contributed by atoms with Crippen molar-refractivity contribution < 1.29 is 4.42 Å². The van der Waals surface area contributed by atoms with Gasteiger partial charge in [-0.2, -0.15) is 0 Å². The average molecular weight is 238 g/mol. The van der Waals surface area contributed by atoms with Crippen molar-refractivity contribution in [2.45, 2.75) is 13.0 Å². The SMILES string of the molecule is Cc1ccc(C(NN)c2ccoc2Cl)cn1. The molecule has 0 fully saturated rings. The highest BCUT2D eigenvalue weighted by Gasteiger charge is 2.17. The Hall–Kier alpha value is -1.36. The average Bonchev–Trinajstić information content (AvgIpc) is 2.69. The zero-order valence-electron chi connectivity index (χ0n) is 8.77. The zero-order chi connectivity index (χ0) is 11.5. The van der Waals surface area contributed by atoms with Crippen LogP contribution in [0, 0.1) is 6.92 Å². The van der Waals surface area contributed by atoms with Gasteiger partial charge < -0.3 is 4.42 Å². The molecule has 3 N–H and O–H groups in total. The Morgan fingerprint density at radius 2 is 2.25 bits per heavy atom. The second-order valence-corrected chi connectivity index (χ2v) is 3.83. The normalized spacial score (nSPS) is 12.7. The molecule has 2 aromatic heterocycles. The summed E-state index contributed by atoms with van der Waals surface area (Å²) in [6, 6.07) is 5.45.